The number of anilines is 1. The van der Waals surface area contributed by atoms with Crippen molar-refractivity contribution < 1.29 is 4.74 Å². The van der Waals surface area contributed by atoms with E-state index in [0.717, 1.165) is 48.0 Å². The van der Waals surface area contributed by atoms with Crippen LogP contribution >= 0.6 is 0 Å². The van der Waals surface area contributed by atoms with Crippen molar-refractivity contribution in [3.8, 4) is 16.9 Å². The summed E-state index contributed by atoms with van der Waals surface area (Å²) in [5, 5.41) is 0. The topological polar surface area (TPSA) is 54.4 Å². The van der Waals surface area contributed by atoms with Crippen molar-refractivity contribution >= 4 is 5.95 Å². The van der Waals surface area contributed by atoms with Gasteiger partial charge in [0.05, 0.1) is 18.3 Å². The first-order chi connectivity index (χ1) is 15.2. The Morgan fingerprint density at radius 3 is 2.55 bits per heavy atom. The van der Waals surface area contributed by atoms with Crippen LogP contribution in [0.3, 0.4) is 0 Å². The van der Waals surface area contributed by atoms with Crippen LogP contribution in [0, 0.1) is 0 Å². The highest BCUT2D eigenvalue weighted by molar-refractivity contribution is 5.66. The summed E-state index contributed by atoms with van der Waals surface area (Å²) in [6, 6.07) is 12.8. The number of nitrogens with zero attached hydrogens (tertiary/aromatic N) is 5. The molecule has 31 heavy (non-hydrogen) atoms. The molecule has 0 saturated carbocycles. The molecule has 0 bridgehead atoms. The lowest BCUT2D eigenvalue weighted by molar-refractivity contribution is 0.137. The van der Waals surface area contributed by atoms with Crippen LogP contribution in [0.4, 0.5) is 5.95 Å². The quantitative estimate of drug-likeness (QED) is 0.554. The molecule has 0 N–H and O–H groups in total. The number of rotatable bonds is 7. The smallest absolute Gasteiger partial charge is 0.225 e. The van der Waals surface area contributed by atoms with Crippen LogP contribution in [-0.4, -0.2) is 47.1 Å². The van der Waals surface area contributed by atoms with Gasteiger partial charge >= 0.3 is 0 Å². The van der Waals surface area contributed by atoms with Crippen LogP contribution in [0.15, 0.2) is 55.0 Å². The summed E-state index contributed by atoms with van der Waals surface area (Å²) >= 11 is 0. The molecule has 0 aliphatic carbocycles. The van der Waals surface area contributed by atoms with Gasteiger partial charge in [0, 0.05) is 44.8 Å². The van der Waals surface area contributed by atoms with Gasteiger partial charge in [-0.1, -0.05) is 18.6 Å². The van der Waals surface area contributed by atoms with Crippen LogP contribution in [0.25, 0.3) is 11.1 Å². The third kappa shape index (κ3) is 5.02. The van der Waals surface area contributed by atoms with E-state index >= 15 is 0 Å². The fourth-order valence-corrected chi connectivity index (χ4v) is 4.19. The molecule has 1 aliphatic heterocycles. The summed E-state index contributed by atoms with van der Waals surface area (Å²) in [4.78, 5) is 18.4. The molecule has 162 valence electrons. The molecule has 1 aliphatic rings. The molecule has 1 fully saturated rings. The predicted molar refractivity (Wildman–Crippen MR) is 124 cm³/mol. The van der Waals surface area contributed by atoms with Crippen molar-refractivity contribution in [2.45, 2.75) is 38.8 Å². The van der Waals surface area contributed by atoms with Crippen molar-refractivity contribution in [3.05, 3.63) is 66.2 Å². The van der Waals surface area contributed by atoms with Crippen molar-refractivity contribution in [3.63, 3.8) is 0 Å². The molecule has 1 atom stereocenters. The number of aromatic nitrogens is 3. The number of hydrogen-bond donors (Lipinski definition) is 0. The third-order valence-electron chi connectivity index (χ3n) is 5.75. The second-order valence-corrected chi connectivity index (χ2v) is 8.16. The van der Waals surface area contributed by atoms with Crippen molar-refractivity contribution in [2.75, 3.05) is 32.1 Å². The highest BCUT2D eigenvalue weighted by Gasteiger charge is 2.28. The Kier molecular flexibility index (Phi) is 6.77. The Morgan fingerprint density at radius 1 is 1.06 bits per heavy atom. The van der Waals surface area contributed by atoms with E-state index in [1.165, 1.54) is 18.4 Å². The second-order valence-electron chi connectivity index (χ2n) is 8.16. The lowest BCUT2D eigenvalue weighted by Crippen LogP contribution is -2.34. The van der Waals surface area contributed by atoms with E-state index in [-0.39, 0.29) is 6.04 Å². The summed E-state index contributed by atoms with van der Waals surface area (Å²) in [5.74, 6) is 1.67. The number of benzene rings is 1. The van der Waals surface area contributed by atoms with Crippen LogP contribution in [0.5, 0.6) is 5.75 Å². The molecule has 2 aromatic heterocycles. The molecule has 0 spiro atoms. The average molecular weight is 418 g/mol. The Bertz CT molecular complexity index is 975. The van der Waals surface area contributed by atoms with Gasteiger partial charge in [0.2, 0.25) is 5.95 Å². The highest BCUT2D eigenvalue weighted by Crippen LogP contribution is 2.37. The SMILES string of the molecule is CCOc1ccc(CN2CCCC[C@@H]2c2nc(N(C)C)ncc2-c2ccncc2)cc1. The normalized spacial score (nSPS) is 16.8. The van der Waals surface area contributed by atoms with E-state index in [0.29, 0.717) is 6.61 Å². The number of hydrogen-bond acceptors (Lipinski definition) is 6. The zero-order chi connectivity index (χ0) is 21.6. The van der Waals surface area contributed by atoms with E-state index in [9.17, 15) is 0 Å². The molecule has 4 rings (SSSR count). The van der Waals surface area contributed by atoms with E-state index in [1.807, 2.05) is 56.6 Å². The molecule has 3 heterocycles. The molecule has 3 aromatic rings. The average Bonchev–Trinajstić information content (AvgIpc) is 2.81. The molecular weight excluding hydrogens is 386 g/mol. The zero-order valence-electron chi connectivity index (χ0n) is 18.7. The molecular formula is C25H31N5O. The van der Waals surface area contributed by atoms with Crippen molar-refractivity contribution in [1.29, 1.82) is 0 Å². The zero-order valence-corrected chi connectivity index (χ0v) is 18.7. The van der Waals surface area contributed by atoms with E-state index < -0.39 is 0 Å². The van der Waals surface area contributed by atoms with E-state index in [4.69, 9.17) is 9.72 Å². The predicted octanol–water partition coefficient (Wildman–Crippen LogP) is 4.73. The standard InChI is InChI=1S/C25H31N5O/c1-4-31-21-10-8-19(9-11-21)18-30-16-6-5-7-23(30)24-22(20-12-14-26-15-13-20)17-27-25(28-24)29(2)3/h8-15,17,23H,4-7,16,18H2,1-3H3/t23-/m1/s1. The fourth-order valence-electron chi connectivity index (χ4n) is 4.19. The Morgan fingerprint density at radius 2 is 1.84 bits per heavy atom. The van der Waals surface area contributed by atoms with E-state index in [1.54, 1.807) is 0 Å². The van der Waals surface area contributed by atoms with E-state index in [2.05, 4.69) is 39.1 Å². The third-order valence-corrected chi connectivity index (χ3v) is 5.75. The monoisotopic (exact) mass is 417 g/mol. The molecule has 6 heteroatoms. The maximum Gasteiger partial charge on any atom is 0.225 e. The van der Waals surface area contributed by atoms with Gasteiger partial charge in [-0.05, 0) is 61.7 Å². The van der Waals surface area contributed by atoms with Crippen LogP contribution in [0.2, 0.25) is 0 Å². The number of piperidine rings is 1. The first-order valence-corrected chi connectivity index (χ1v) is 11.1. The maximum absolute atomic E-state index is 5.60. The number of ether oxygens (including phenoxy) is 1. The summed E-state index contributed by atoms with van der Waals surface area (Å²) in [5.41, 5.74) is 4.61. The van der Waals surface area contributed by atoms with Gasteiger partial charge in [-0.15, -0.1) is 0 Å². The number of likely N-dealkylation sites (tertiary alicyclic amines) is 1. The minimum Gasteiger partial charge on any atom is -0.494 e. The molecule has 1 aromatic carbocycles. The Balaban J connectivity index is 1.67. The Labute approximate surface area is 184 Å². The van der Waals surface area contributed by atoms with Gasteiger partial charge in [0.25, 0.3) is 0 Å². The van der Waals surface area contributed by atoms with Gasteiger partial charge in [-0.3, -0.25) is 9.88 Å². The lowest BCUT2D eigenvalue weighted by Gasteiger charge is -2.36. The lowest BCUT2D eigenvalue weighted by atomic mass is 9.93. The summed E-state index contributed by atoms with van der Waals surface area (Å²) in [6.07, 6.45) is 9.15. The van der Waals surface area contributed by atoms with Crippen molar-refractivity contribution in [1.82, 2.24) is 19.9 Å². The van der Waals surface area contributed by atoms with Gasteiger partial charge in [-0.25, -0.2) is 9.97 Å². The largest absolute Gasteiger partial charge is 0.494 e. The molecule has 0 amide bonds. The second kappa shape index (κ2) is 9.88. The van der Waals surface area contributed by atoms with Gasteiger partial charge in [0.15, 0.2) is 0 Å². The van der Waals surface area contributed by atoms with Crippen LogP contribution < -0.4 is 9.64 Å². The first kappa shape index (κ1) is 21.2. The summed E-state index contributed by atoms with van der Waals surface area (Å²) in [6.45, 7) is 4.66. The number of pyridine rings is 1. The minimum atomic E-state index is 0.255. The van der Waals surface area contributed by atoms with Crippen LogP contribution in [-0.2, 0) is 6.54 Å². The Hall–Kier alpha value is -2.99. The summed E-state index contributed by atoms with van der Waals surface area (Å²) < 4.78 is 5.60. The minimum absolute atomic E-state index is 0.255. The molecule has 0 radical (unpaired) electrons. The maximum atomic E-state index is 5.60. The molecule has 1 saturated heterocycles. The van der Waals surface area contributed by atoms with Gasteiger partial charge in [0.1, 0.15) is 5.75 Å². The molecule has 6 nitrogen and oxygen atoms in total. The molecule has 0 unspecified atom stereocenters. The van der Waals surface area contributed by atoms with Crippen molar-refractivity contribution in [2.24, 2.45) is 0 Å². The van der Waals surface area contributed by atoms with Crippen LogP contribution in [0.1, 0.15) is 43.5 Å². The van der Waals surface area contributed by atoms with Gasteiger partial charge < -0.3 is 9.64 Å². The fraction of sp³-hybridized carbons (Fsp3) is 0.400. The highest BCUT2D eigenvalue weighted by atomic mass is 16.5. The first-order valence-electron chi connectivity index (χ1n) is 11.1. The summed E-state index contributed by atoms with van der Waals surface area (Å²) in [7, 11) is 3.98. The van der Waals surface area contributed by atoms with Gasteiger partial charge in [-0.2, -0.15) is 0 Å².